The number of carbonyl (C=O) groups excluding carboxylic acids is 1. The molecule has 0 amide bonds. The largest absolute Gasteiger partial charge is 0.399 e. The minimum absolute atomic E-state index is 0.0386. The lowest BCUT2D eigenvalue weighted by atomic mass is 10.0. The number of nitrogen functional groups attached to an aromatic ring is 1. The average Bonchev–Trinajstić information content (AvgIpc) is 2.41. The fourth-order valence-electron chi connectivity index (χ4n) is 1.68. The van der Waals surface area contributed by atoms with Gasteiger partial charge in [0.25, 0.3) is 5.09 Å². The molecule has 0 atom stereocenters. The molecule has 6 nitrogen and oxygen atoms in total. The molecule has 2 N–H and O–H groups in total. The number of para-hydroxylation sites is 1. The number of benzene rings is 2. The topological polar surface area (TPSA) is 95.5 Å². The summed E-state index contributed by atoms with van der Waals surface area (Å²) in [5, 5.41) is 9.66. The second-order valence-corrected chi connectivity index (χ2v) is 4.29. The first-order chi connectivity index (χ1) is 9.49. The van der Waals surface area contributed by atoms with Crippen LogP contribution in [-0.2, 0) is 0 Å². The van der Waals surface area contributed by atoms with E-state index in [1.807, 2.05) is 0 Å². The quantitative estimate of drug-likeness (QED) is 0.404. The number of halogens is 1. The van der Waals surface area contributed by atoms with Gasteiger partial charge in [0.2, 0.25) is 0 Å². The lowest BCUT2D eigenvalue weighted by molar-refractivity contribution is -0.711. The van der Waals surface area contributed by atoms with E-state index in [1.54, 1.807) is 12.1 Å². The molecule has 20 heavy (non-hydrogen) atoms. The second-order valence-electron chi connectivity index (χ2n) is 3.88. The van der Waals surface area contributed by atoms with Crippen LogP contribution in [-0.4, -0.2) is 10.9 Å². The van der Waals surface area contributed by atoms with Gasteiger partial charge in [0.1, 0.15) is 5.75 Å². The SMILES string of the molecule is Nc1ccc(Cl)c(C(=O)c2ccccc2O[N+](=O)[O-])c1. The molecule has 0 unspecified atom stereocenters. The van der Waals surface area contributed by atoms with Crippen molar-refractivity contribution < 1.29 is 14.7 Å². The van der Waals surface area contributed by atoms with Crippen molar-refractivity contribution in [1.29, 1.82) is 0 Å². The fourth-order valence-corrected chi connectivity index (χ4v) is 1.88. The van der Waals surface area contributed by atoms with Crippen molar-refractivity contribution in [1.82, 2.24) is 0 Å². The maximum atomic E-state index is 12.4. The summed E-state index contributed by atoms with van der Waals surface area (Å²) >= 11 is 5.95. The normalized spacial score (nSPS) is 10.1. The number of rotatable bonds is 4. The first kappa shape index (κ1) is 13.8. The van der Waals surface area contributed by atoms with Crippen LogP contribution >= 0.6 is 11.6 Å². The fraction of sp³-hybridized carbons (Fsp3) is 0. The van der Waals surface area contributed by atoms with E-state index in [4.69, 9.17) is 17.3 Å². The van der Waals surface area contributed by atoms with Crippen molar-refractivity contribution in [3.8, 4) is 5.75 Å². The molecule has 102 valence electrons. The molecule has 0 saturated heterocycles. The van der Waals surface area contributed by atoms with E-state index in [1.165, 1.54) is 30.3 Å². The summed E-state index contributed by atoms with van der Waals surface area (Å²) in [6, 6.07) is 10.3. The molecule has 0 heterocycles. The maximum absolute atomic E-state index is 12.4. The van der Waals surface area contributed by atoms with E-state index in [0.717, 1.165) is 0 Å². The smallest absolute Gasteiger partial charge is 0.299 e. The minimum Gasteiger partial charge on any atom is -0.399 e. The van der Waals surface area contributed by atoms with E-state index in [-0.39, 0.29) is 21.9 Å². The summed E-state index contributed by atoms with van der Waals surface area (Å²) in [6.45, 7) is 0. The van der Waals surface area contributed by atoms with Gasteiger partial charge >= 0.3 is 0 Å². The first-order valence-electron chi connectivity index (χ1n) is 5.50. The third-order valence-corrected chi connectivity index (χ3v) is 2.87. The summed E-state index contributed by atoms with van der Waals surface area (Å²) in [5.41, 5.74) is 6.17. The van der Waals surface area contributed by atoms with E-state index in [0.29, 0.717) is 5.69 Å². The molecule has 0 fully saturated rings. The molecule has 0 saturated carbocycles. The highest BCUT2D eigenvalue weighted by atomic mass is 35.5. The van der Waals surface area contributed by atoms with Crippen molar-refractivity contribution in [3.63, 3.8) is 0 Å². The molecule has 0 aliphatic heterocycles. The van der Waals surface area contributed by atoms with Crippen molar-refractivity contribution in [2.45, 2.75) is 0 Å². The molecule has 0 aliphatic rings. The van der Waals surface area contributed by atoms with Gasteiger partial charge in [0, 0.05) is 11.3 Å². The number of nitrogens with zero attached hydrogens (tertiary/aromatic N) is 1. The standard InChI is InChI=1S/C13H9ClN2O4/c14-11-6-5-8(15)7-10(11)13(17)9-3-1-2-4-12(9)20-16(18)19/h1-7H,15H2. The highest BCUT2D eigenvalue weighted by Crippen LogP contribution is 2.26. The number of anilines is 1. The van der Waals surface area contributed by atoms with E-state index < -0.39 is 10.9 Å². The molecule has 0 bridgehead atoms. The van der Waals surface area contributed by atoms with Crippen LogP contribution in [0.4, 0.5) is 5.69 Å². The number of hydrogen-bond donors (Lipinski definition) is 1. The number of carbonyl (C=O) groups is 1. The van der Waals surface area contributed by atoms with Gasteiger partial charge in [-0.15, -0.1) is 10.1 Å². The van der Waals surface area contributed by atoms with Crippen molar-refractivity contribution in [2.75, 3.05) is 5.73 Å². The van der Waals surface area contributed by atoms with Crippen molar-refractivity contribution in [2.24, 2.45) is 0 Å². The molecule has 7 heteroatoms. The van der Waals surface area contributed by atoms with Gasteiger partial charge in [-0.25, -0.2) is 0 Å². The zero-order valence-corrected chi connectivity index (χ0v) is 10.8. The minimum atomic E-state index is -0.979. The van der Waals surface area contributed by atoms with E-state index in [9.17, 15) is 14.9 Å². The van der Waals surface area contributed by atoms with Gasteiger partial charge in [-0.05, 0) is 30.3 Å². The Balaban J connectivity index is 2.48. The average molecular weight is 293 g/mol. The van der Waals surface area contributed by atoms with Crippen LogP contribution in [0.1, 0.15) is 15.9 Å². The zero-order valence-electron chi connectivity index (χ0n) is 10.1. The first-order valence-corrected chi connectivity index (χ1v) is 5.88. The van der Waals surface area contributed by atoms with E-state index in [2.05, 4.69) is 4.84 Å². The third kappa shape index (κ3) is 2.86. The van der Waals surface area contributed by atoms with Crippen LogP contribution in [0.5, 0.6) is 5.75 Å². The summed E-state index contributed by atoms with van der Waals surface area (Å²) in [7, 11) is 0. The Labute approximate surface area is 118 Å². The monoisotopic (exact) mass is 292 g/mol. The number of nitrogens with two attached hydrogens (primary N) is 1. The highest BCUT2D eigenvalue weighted by molar-refractivity contribution is 6.35. The van der Waals surface area contributed by atoms with Gasteiger partial charge in [-0.2, -0.15) is 0 Å². The Morgan fingerprint density at radius 3 is 2.60 bits per heavy atom. The third-order valence-electron chi connectivity index (χ3n) is 2.54. The Bertz CT molecular complexity index is 688. The summed E-state index contributed by atoms with van der Waals surface area (Å²) in [6.07, 6.45) is 0. The Morgan fingerprint density at radius 1 is 1.20 bits per heavy atom. The number of ketones is 1. The Hall–Kier alpha value is -2.60. The predicted molar refractivity (Wildman–Crippen MR) is 73.4 cm³/mol. The van der Waals surface area contributed by atoms with Gasteiger partial charge < -0.3 is 5.73 Å². The van der Waals surface area contributed by atoms with Crippen LogP contribution in [0.15, 0.2) is 42.5 Å². The molecular formula is C13H9ClN2O4. The lowest BCUT2D eigenvalue weighted by Gasteiger charge is -2.08. The van der Waals surface area contributed by atoms with Crippen LogP contribution in [0.25, 0.3) is 0 Å². The van der Waals surface area contributed by atoms with E-state index >= 15 is 0 Å². The molecular weight excluding hydrogens is 284 g/mol. The lowest BCUT2D eigenvalue weighted by Crippen LogP contribution is -2.10. The molecule has 2 aromatic rings. The molecule has 0 spiro atoms. The van der Waals surface area contributed by atoms with Crippen molar-refractivity contribution in [3.05, 3.63) is 68.7 Å². The van der Waals surface area contributed by atoms with Gasteiger partial charge in [-0.1, -0.05) is 23.7 Å². The van der Waals surface area contributed by atoms with Crippen molar-refractivity contribution >= 4 is 23.1 Å². The highest BCUT2D eigenvalue weighted by Gasteiger charge is 2.18. The number of hydrogen-bond acceptors (Lipinski definition) is 5. The maximum Gasteiger partial charge on any atom is 0.299 e. The van der Waals surface area contributed by atoms with Crippen LogP contribution < -0.4 is 10.6 Å². The van der Waals surface area contributed by atoms with Gasteiger partial charge in [0.05, 0.1) is 10.6 Å². The molecule has 0 aromatic heterocycles. The predicted octanol–water partition coefficient (Wildman–Crippen LogP) is 2.72. The molecule has 0 radical (unpaired) electrons. The Morgan fingerprint density at radius 2 is 1.90 bits per heavy atom. The Kier molecular flexibility index (Phi) is 3.86. The summed E-state index contributed by atoms with van der Waals surface area (Å²) in [5.74, 6) is -0.652. The molecule has 2 rings (SSSR count). The molecule has 2 aromatic carbocycles. The van der Waals surface area contributed by atoms with Crippen LogP contribution in [0.2, 0.25) is 5.02 Å². The van der Waals surface area contributed by atoms with Crippen LogP contribution in [0.3, 0.4) is 0 Å². The second kappa shape index (κ2) is 5.58. The summed E-state index contributed by atoms with van der Waals surface area (Å²) < 4.78 is 0. The van der Waals surface area contributed by atoms with Gasteiger partial charge in [-0.3, -0.25) is 9.63 Å². The van der Waals surface area contributed by atoms with Crippen LogP contribution in [0, 0.1) is 10.1 Å². The zero-order chi connectivity index (χ0) is 14.7. The van der Waals surface area contributed by atoms with Gasteiger partial charge in [0.15, 0.2) is 5.78 Å². The summed E-state index contributed by atoms with van der Waals surface area (Å²) in [4.78, 5) is 27.2. The molecule has 0 aliphatic carbocycles.